The van der Waals surface area contributed by atoms with E-state index in [1.807, 2.05) is 6.92 Å². The van der Waals surface area contributed by atoms with Crippen molar-refractivity contribution in [2.75, 3.05) is 13.2 Å². The minimum absolute atomic E-state index is 0.0818. The SMILES string of the molecule is CCCNC1(C(=O)O)CCC(OCC(F)(F)F)C1. The van der Waals surface area contributed by atoms with Crippen LogP contribution in [0.3, 0.4) is 0 Å². The van der Waals surface area contributed by atoms with Crippen molar-refractivity contribution in [3.05, 3.63) is 0 Å². The van der Waals surface area contributed by atoms with Crippen LogP contribution < -0.4 is 5.32 Å². The minimum atomic E-state index is -4.37. The molecule has 0 aliphatic heterocycles. The van der Waals surface area contributed by atoms with E-state index < -0.39 is 30.4 Å². The zero-order valence-corrected chi connectivity index (χ0v) is 10.2. The van der Waals surface area contributed by atoms with E-state index in [0.717, 1.165) is 6.42 Å². The molecular weight excluding hydrogens is 251 g/mol. The highest BCUT2D eigenvalue weighted by Crippen LogP contribution is 2.33. The van der Waals surface area contributed by atoms with Crippen molar-refractivity contribution >= 4 is 5.97 Å². The predicted octanol–water partition coefficient (Wildman–Crippen LogP) is 1.94. The van der Waals surface area contributed by atoms with E-state index in [4.69, 9.17) is 4.74 Å². The molecule has 1 aliphatic rings. The summed E-state index contributed by atoms with van der Waals surface area (Å²) in [5, 5.41) is 12.1. The van der Waals surface area contributed by atoms with Crippen LogP contribution in [0.25, 0.3) is 0 Å². The average Bonchev–Trinajstić information content (AvgIpc) is 2.68. The van der Waals surface area contributed by atoms with Gasteiger partial charge in [0.2, 0.25) is 0 Å². The second-order valence-corrected chi connectivity index (χ2v) is 4.61. The van der Waals surface area contributed by atoms with E-state index in [1.165, 1.54) is 0 Å². The molecule has 1 saturated carbocycles. The standard InChI is InChI=1S/C11H18F3NO3/c1-2-5-15-10(9(16)17)4-3-8(6-10)18-7-11(12,13)14/h8,15H,2-7H2,1H3,(H,16,17). The van der Waals surface area contributed by atoms with Gasteiger partial charge in [-0.15, -0.1) is 0 Å². The van der Waals surface area contributed by atoms with Gasteiger partial charge in [0.05, 0.1) is 6.10 Å². The Morgan fingerprint density at radius 3 is 2.72 bits per heavy atom. The summed E-state index contributed by atoms with van der Waals surface area (Å²) in [6.07, 6.45) is -3.54. The number of rotatable bonds is 6. The summed E-state index contributed by atoms with van der Waals surface area (Å²) in [7, 11) is 0. The van der Waals surface area contributed by atoms with Crippen molar-refractivity contribution < 1.29 is 27.8 Å². The van der Waals surface area contributed by atoms with Crippen molar-refractivity contribution in [3.63, 3.8) is 0 Å². The van der Waals surface area contributed by atoms with Crippen LogP contribution in [0.5, 0.6) is 0 Å². The van der Waals surface area contributed by atoms with Crippen molar-refractivity contribution in [2.45, 2.75) is 50.4 Å². The number of ether oxygens (including phenoxy) is 1. The molecular formula is C11H18F3NO3. The summed E-state index contributed by atoms with van der Waals surface area (Å²) in [6, 6.07) is 0. The highest BCUT2D eigenvalue weighted by Gasteiger charge is 2.46. The average molecular weight is 269 g/mol. The summed E-state index contributed by atoms with van der Waals surface area (Å²) < 4.78 is 40.7. The number of carbonyl (C=O) groups is 1. The Bertz CT molecular complexity index is 296. The van der Waals surface area contributed by atoms with Gasteiger partial charge in [-0.2, -0.15) is 13.2 Å². The van der Waals surface area contributed by atoms with Gasteiger partial charge in [0.1, 0.15) is 12.1 Å². The summed E-state index contributed by atoms with van der Waals surface area (Å²) in [5.74, 6) is -1.02. The molecule has 0 aromatic rings. The number of carboxylic acids is 1. The van der Waals surface area contributed by atoms with Gasteiger partial charge in [-0.25, -0.2) is 0 Å². The lowest BCUT2D eigenvalue weighted by atomic mass is 9.97. The molecule has 2 atom stereocenters. The van der Waals surface area contributed by atoms with Gasteiger partial charge in [0.25, 0.3) is 0 Å². The van der Waals surface area contributed by atoms with Crippen LogP contribution in [0.2, 0.25) is 0 Å². The van der Waals surface area contributed by atoms with E-state index in [9.17, 15) is 23.1 Å². The number of hydrogen-bond donors (Lipinski definition) is 2. The molecule has 0 aromatic heterocycles. The molecule has 18 heavy (non-hydrogen) atoms. The molecule has 106 valence electrons. The maximum atomic E-state index is 12.0. The fourth-order valence-electron chi connectivity index (χ4n) is 2.15. The number of aliphatic carboxylic acids is 1. The number of nitrogens with one attached hydrogen (secondary N) is 1. The lowest BCUT2D eigenvalue weighted by Gasteiger charge is -2.25. The smallest absolute Gasteiger partial charge is 0.411 e. The normalized spacial score (nSPS) is 28.6. The number of alkyl halides is 3. The molecule has 4 nitrogen and oxygen atoms in total. The molecule has 0 radical (unpaired) electrons. The zero-order chi connectivity index (χ0) is 13.8. The molecule has 0 aromatic carbocycles. The number of carboxylic acid groups (broad SMARTS) is 1. The van der Waals surface area contributed by atoms with Crippen LogP contribution in [0, 0.1) is 0 Å². The summed E-state index contributed by atoms with van der Waals surface area (Å²) in [5.41, 5.74) is -1.13. The molecule has 1 rings (SSSR count). The van der Waals surface area contributed by atoms with Crippen LogP contribution in [0.1, 0.15) is 32.6 Å². The van der Waals surface area contributed by atoms with E-state index in [1.54, 1.807) is 0 Å². The Balaban J connectivity index is 2.52. The number of hydrogen-bond acceptors (Lipinski definition) is 3. The number of halogens is 3. The van der Waals surface area contributed by atoms with Gasteiger partial charge in [-0.1, -0.05) is 6.92 Å². The third-order valence-electron chi connectivity index (χ3n) is 3.07. The van der Waals surface area contributed by atoms with Crippen LogP contribution in [0.4, 0.5) is 13.2 Å². The monoisotopic (exact) mass is 269 g/mol. The summed E-state index contributed by atoms with van der Waals surface area (Å²) in [6.45, 7) is 1.11. The Morgan fingerprint density at radius 2 is 2.22 bits per heavy atom. The van der Waals surface area contributed by atoms with Crippen LogP contribution in [-0.2, 0) is 9.53 Å². The molecule has 0 amide bonds. The fourth-order valence-corrected chi connectivity index (χ4v) is 2.15. The van der Waals surface area contributed by atoms with E-state index in [0.29, 0.717) is 19.4 Å². The maximum absolute atomic E-state index is 12.0. The predicted molar refractivity (Wildman–Crippen MR) is 58.3 cm³/mol. The third-order valence-corrected chi connectivity index (χ3v) is 3.07. The van der Waals surface area contributed by atoms with Gasteiger partial charge >= 0.3 is 12.1 Å². The highest BCUT2D eigenvalue weighted by atomic mass is 19.4. The molecule has 0 spiro atoms. The third kappa shape index (κ3) is 4.13. The van der Waals surface area contributed by atoms with Crippen molar-refractivity contribution in [3.8, 4) is 0 Å². The van der Waals surface area contributed by atoms with Crippen molar-refractivity contribution in [2.24, 2.45) is 0 Å². The summed E-state index contributed by atoms with van der Waals surface area (Å²) in [4.78, 5) is 11.2. The second-order valence-electron chi connectivity index (χ2n) is 4.61. The van der Waals surface area contributed by atoms with Gasteiger partial charge in [0.15, 0.2) is 0 Å². The van der Waals surface area contributed by atoms with Gasteiger partial charge < -0.3 is 15.2 Å². The topological polar surface area (TPSA) is 58.6 Å². The molecule has 0 heterocycles. The lowest BCUT2D eigenvalue weighted by molar-refractivity contribution is -0.185. The molecule has 1 fully saturated rings. The molecule has 7 heteroatoms. The largest absolute Gasteiger partial charge is 0.480 e. The van der Waals surface area contributed by atoms with Crippen molar-refractivity contribution in [1.82, 2.24) is 5.32 Å². The summed E-state index contributed by atoms with van der Waals surface area (Å²) >= 11 is 0. The van der Waals surface area contributed by atoms with E-state index >= 15 is 0 Å². The van der Waals surface area contributed by atoms with Crippen LogP contribution >= 0.6 is 0 Å². The Hall–Kier alpha value is -0.820. The zero-order valence-electron chi connectivity index (χ0n) is 10.2. The van der Waals surface area contributed by atoms with Crippen LogP contribution in [-0.4, -0.2) is 42.0 Å². The van der Waals surface area contributed by atoms with E-state index in [-0.39, 0.29) is 6.42 Å². The second kappa shape index (κ2) is 5.88. The Kier molecular flexibility index (Phi) is 4.98. The first kappa shape index (κ1) is 15.2. The lowest BCUT2D eigenvalue weighted by Crippen LogP contribution is -2.50. The first-order chi connectivity index (χ1) is 8.29. The Morgan fingerprint density at radius 1 is 1.56 bits per heavy atom. The van der Waals surface area contributed by atoms with Crippen molar-refractivity contribution in [1.29, 1.82) is 0 Å². The maximum Gasteiger partial charge on any atom is 0.411 e. The Labute approximate surface area is 103 Å². The van der Waals surface area contributed by atoms with E-state index in [2.05, 4.69) is 5.32 Å². The quantitative estimate of drug-likeness (QED) is 0.773. The first-order valence-electron chi connectivity index (χ1n) is 5.96. The van der Waals surface area contributed by atoms with Crippen LogP contribution in [0.15, 0.2) is 0 Å². The molecule has 0 bridgehead atoms. The highest BCUT2D eigenvalue weighted by molar-refractivity contribution is 5.79. The van der Waals surface area contributed by atoms with Gasteiger partial charge in [-0.05, 0) is 25.8 Å². The fraction of sp³-hybridized carbons (Fsp3) is 0.909. The van der Waals surface area contributed by atoms with Gasteiger partial charge in [0, 0.05) is 6.42 Å². The first-order valence-corrected chi connectivity index (χ1v) is 5.96. The molecule has 1 aliphatic carbocycles. The molecule has 2 unspecified atom stereocenters. The molecule has 2 N–H and O–H groups in total. The minimum Gasteiger partial charge on any atom is -0.480 e. The molecule has 0 saturated heterocycles. The van der Waals surface area contributed by atoms with Gasteiger partial charge in [-0.3, -0.25) is 4.79 Å².